The molecule has 0 saturated carbocycles. The van der Waals surface area contributed by atoms with Gasteiger partial charge in [0.1, 0.15) is 0 Å². The monoisotopic (exact) mass is 244 g/mol. The zero-order chi connectivity index (χ0) is 10.7. The van der Waals surface area contributed by atoms with Gasteiger partial charge < -0.3 is 10.6 Å². The van der Waals surface area contributed by atoms with Crippen LogP contribution in [0.1, 0.15) is 5.56 Å². The molecule has 1 aliphatic rings. The van der Waals surface area contributed by atoms with Gasteiger partial charge >= 0.3 is 0 Å². The first-order valence-corrected chi connectivity index (χ1v) is 5.90. The second kappa shape index (κ2) is 5.17. The Labute approximate surface area is 100.0 Å². The quantitative estimate of drug-likeness (QED) is 0.833. The summed E-state index contributed by atoms with van der Waals surface area (Å²) in [6.45, 7) is 3.05. The summed E-state index contributed by atoms with van der Waals surface area (Å²) >= 11 is 12.1. The number of rotatable bonds is 2. The summed E-state index contributed by atoms with van der Waals surface area (Å²) < 4.78 is 0. The zero-order valence-corrected chi connectivity index (χ0v) is 9.91. The van der Waals surface area contributed by atoms with Crippen LogP contribution in [0.25, 0.3) is 0 Å². The van der Waals surface area contributed by atoms with Crippen molar-refractivity contribution in [1.29, 1.82) is 0 Å². The molecule has 1 heterocycles. The molecule has 0 spiro atoms. The van der Waals surface area contributed by atoms with Crippen LogP contribution in [0.5, 0.6) is 0 Å². The Kier molecular flexibility index (Phi) is 3.87. The molecule has 82 valence electrons. The number of hydrogen-bond acceptors (Lipinski definition) is 2. The molecule has 2 N–H and O–H groups in total. The molecule has 0 aliphatic carbocycles. The first-order valence-electron chi connectivity index (χ1n) is 5.14. The second-order valence-electron chi connectivity index (χ2n) is 3.77. The highest BCUT2D eigenvalue weighted by Crippen LogP contribution is 2.26. The van der Waals surface area contributed by atoms with Gasteiger partial charge in [0.15, 0.2) is 0 Å². The fourth-order valence-corrected chi connectivity index (χ4v) is 2.23. The Morgan fingerprint density at radius 1 is 1.27 bits per heavy atom. The molecular formula is C11H14Cl2N2. The Balaban J connectivity index is 2.06. The van der Waals surface area contributed by atoms with E-state index in [0.29, 0.717) is 16.1 Å². The summed E-state index contributed by atoms with van der Waals surface area (Å²) in [5, 5.41) is 8.12. The molecule has 1 saturated heterocycles. The minimum absolute atomic E-state index is 0.453. The molecule has 15 heavy (non-hydrogen) atoms. The fourth-order valence-electron chi connectivity index (χ4n) is 1.83. The summed E-state index contributed by atoms with van der Waals surface area (Å²) in [6.07, 6.45) is 0.923. The van der Waals surface area contributed by atoms with Crippen LogP contribution in [0.4, 0.5) is 0 Å². The number of halogens is 2. The summed E-state index contributed by atoms with van der Waals surface area (Å²) in [5.74, 6) is 0. The third-order valence-electron chi connectivity index (χ3n) is 2.62. The van der Waals surface area contributed by atoms with Crippen molar-refractivity contribution in [3.8, 4) is 0 Å². The van der Waals surface area contributed by atoms with E-state index in [1.807, 2.05) is 18.2 Å². The Bertz CT molecular complexity index is 335. The van der Waals surface area contributed by atoms with Gasteiger partial charge in [-0.1, -0.05) is 35.3 Å². The maximum Gasteiger partial charge on any atom is 0.0624 e. The second-order valence-corrected chi connectivity index (χ2v) is 4.56. The molecule has 0 radical (unpaired) electrons. The predicted octanol–water partition coefficient (Wildman–Crippen LogP) is 2.10. The molecule has 1 atom stereocenters. The van der Waals surface area contributed by atoms with Crippen molar-refractivity contribution in [2.24, 2.45) is 0 Å². The highest BCUT2D eigenvalue weighted by molar-refractivity contribution is 6.42. The topological polar surface area (TPSA) is 24.1 Å². The van der Waals surface area contributed by atoms with E-state index in [0.717, 1.165) is 31.6 Å². The van der Waals surface area contributed by atoms with Gasteiger partial charge in [-0.25, -0.2) is 0 Å². The van der Waals surface area contributed by atoms with Gasteiger partial charge in [0, 0.05) is 25.7 Å². The minimum atomic E-state index is 0.453. The number of benzene rings is 1. The Morgan fingerprint density at radius 2 is 2.13 bits per heavy atom. The van der Waals surface area contributed by atoms with Crippen LogP contribution in [-0.4, -0.2) is 25.7 Å². The highest BCUT2D eigenvalue weighted by atomic mass is 35.5. The molecule has 1 aromatic carbocycles. The van der Waals surface area contributed by atoms with E-state index < -0.39 is 0 Å². The smallest absolute Gasteiger partial charge is 0.0624 e. The predicted molar refractivity (Wildman–Crippen MR) is 64.8 cm³/mol. The molecule has 2 rings (SSSR count). The maximum atomic E-state index is 6.13. The molecule has 4 heteroatoms. The van der Waals surface area contributed by atoms with Crippen LogP contribution in [0, 0.1) is 0 Å². The average molecular weight is 245 g/mol. The van der Waals surface area contributed by atoms with Crippen molar-refractivity contribution in [2.45, 2.75) is 12.5 Å². The lowest BCUT2D eigenvalue weighted by atomic mass is 10.0. The van der Waals surface area contributed by atoms with Crippen LogP contribution in [0.2, 0.25) is 10.0 Å². The first kappa shape index (κ1) is 11.2. The third kappa shape index (κ3) is 2.85. The van der Waals surface area contributed by atoms with Crippen LogP contribution in [0.15, 0.2) is 18.2 Å². The van der Waals surface area contributed by atoms with E-state index in [2.05, 4.69) is 10.6 Å². The van der Waals surface area contributed by atoms with Crippen molar-refractivity contribution in [2.75, 3.05) is 19.6 Å². The van der Waals surface area contributed by atoms with E-state index >= 15 is 0 Å². The van der Waals surface area contributed by atoms with E-state index in [9.17, 15) is 0 Å². The molecule has 1 fully saturated rings. The van der Waals surface area contributed by atoms with Crippen molar-refractivity contribution in [1.82, 2.24) is 10.6 Å². The molecule has 0 unspecified atom stereocenters. The average Bonchev–Trinajstić information content (AvgIpc) is 2.26. The van der Waals surface area contributed by atoms with Crippen LogP contribution in [0.3, 0.4) is 0 Å². The van der Waals surface area contributed by atoms with Crippen LogP contribution >= 0.6 is 23.2 Å². The summed E-state index contributed by atoms with van der Waals surface area (Å²) in [6, 6.07) is 6.25. The van der Waals surface area contributed by atoms with Crippen LogP contribution in [-0.2, 0) is 6.42 Å². The Hall–Kier alpha value is -0.280. The Morgan fingerprint density at radius 3 is 2.87 bits per heavy atom. The molecule has 0 amide bonds. The summed E-state index contributed by atoms with van der Waals surface area (Å²) in [4.78, 5) is 0. The van der Waals surface area contributed by atoms with E-state index in [4.69, 9.17) is 23.2 Å². The molecule has 1 aromatic rings. The normalized spacial score (nSPS) is 21.6. The van der Waals surface area contributed by atoms with Gasteiger partial charge in [0.2, 0.25) is 0 Å². The lowest BCUT2D eigenvalue weighted by Crippen LogP contribution is -2.49. The van der Waals surface area contributed by atoms with E-state index in [-0.39, 0.29) is 0 Å². The largest absolute Gasteiger partial charge is 0.314 e. The third-order valence-corrected chi connectivity index (χ3v) is 3.48. The van der Waals surface area contributed by atoms with E-state index in [1.54, 1.807) is 0 Å². The number of nitrogens with one attached hydrogen (secondary N) is 2. The molecule has 0 bridgehead atoms. The van der Waals surface area contributed by atoms with Gasteiger partial charge in [-0.05, 0) is 18.1 Å². The number of piperazine rings is 1. The van der Waals surface area contributed by atoms with Gasteiger partial charge in [0.25, 0.3) is 0 Å². The maximum absolute atomic E-state index is 6.13. The van der Waals surface area contributed by atoms with Crippen LogP contribution < -0.4 is 10.6 Å². The van der Waals surface area contributed by atoms with Gasteiger partial charge in [-0.15, -0.1) is 0 Å². The van der Waals surface area contributed by atoms with Crippen molar-refractivity contribution >= 4 is 23.2 Å². The SMILES string of the molecule is Clc1cccc(C[C@H]2CNCCN2)c1Cl. The fraction of sp³-hybridized carbons (Fsp3) is 0.455. The summed E-state index contributed by atoms with van der Waals surface area (Å²) in [7, 11) is 0. The molecule has 1 aliphatic heterocycles. The van der Waals surface area contributed by atoms with Crippen molar-refractivity contribution < 1.29 is 0 Å². The van der Waals surface area contributed by atoms with Crippen molar-refractivity contribution in [3.05, 3.63) is 33.8 Å². The van der Waals surface area contributed by atoms with Crippen molar-refractivity contribution in [3.63, 3.8) is 0 Å². The first-order chi connectivity index (χ1) is 7.27. The zero-order valence-electron chi connectivity index (χ0n) is 8.39. The van der Waals surface area contributed by atoms with Gasteiger partial charge in [-0.3, -0.25) is 0 Å². The molecule has 2 nitrogen and oxygen atoms in total. The highest BCUT2D eigenvalue weighted by Gasteiger charge is 2.14. The van der Waals surface area contributed by atoms with Gasteiger partial charge in [0.05, 0.1) is 10.0 Å². The minimum Gasteiger partial charge on any atom is -0.314 e. The van der Waals surface area contributed by atoms with Gasteiger partial charge in [-0.2, -0.15) is 0 Å². The number of hydrogen-bond donors (Lipinski definition) is 2. The molecule has 0 aromatic heterocycles. The van der Waals surface area contributed by atoms with E-state index in [1.165, 1.54) is 0 Å². The lowest BCUT2D eigenvalue weighted by molar-refractivity contribution is 0.417. The standard InChI is InChI=1S/C11H14Cl2N2/c12-10-3-1-2-8(11(10)13)6-9-7-14-4-5-15-9/h1-3,9,14-15H,4-7H2/t9-/m0/s1. The lowest BCUT2D eigenvalue weighted by Gasteiger charge is -2.24. The molecular weight excluding hydrogens is 231 g/mol. The summed E-state index contributed by atoms with van der Waals surface area (Å²) in [5.41, 5.74) is 1.12.